The molecule has 0 aliphatic heterocycles. The Labute approximate surface area is 116 Å². The predicted octanol–water partition coefficient (Wildman–Crippen LogP) is 3.11. The van der Waals surface area contributed by atoms with Crippen molar-refractivity contribution in [3.05, 3.63) is 51.6 Å². The van der Waals surface area contributed by atoms with Crippen LogP contribution in [-0.2, 0) is 13.5 Å². The minimum atomic E-state index is -0.930. The van der Waals surface area contributed by atoms with Gasteiger partial charge in [-0.3, -0.25) is 4.68 Å². The summed E-state index contributed by atoms with van der Waals surface area (Å²) in [6, 6.07) is 4.80. The molecule has 1 atom stereocenters. The third-order valence-corrected chi connectivity index (χ3v) is 3.66. The number of halogens is 2. The minimum Gasteiger partial charge on any atom is -0.388 e. The molecule has 0 spiro atoms. The van der Waals surface area contributed by atoms with Gasteiger partial charge in [-0.15, -0.1) is 0 Å². The fourth-order valence-corrected chi connectivity index (χ4v) is 2.36. The largest absolute Gasteiger partial charge is 0.388 e. The molecular formula is C14H16ClFN2O. The summed E-state index contributed by atoms with van der Waals surface area (Å²) in [6.07, 6.45) is -0.681. The van der Waals surface area contributed by atoms with Crippen LogP contribution in [0.25, 0.3) is 0 Å². The van der Waals surface area contributed by atoms with E-state index in [4.69, 9.17) is 11.6 Å². The molecule has 1 aromatic heterocycles. The highest BCUT2D eigenvalue weighted by Gasteiger charge is 2.19. The summed E-state index contributed by atoms with van der Waals surface area (Å²) in [4.78, 5) is 0. The van der Waals surface area contributed by atoms with Crippen LogP contribution in [0.3, 0.4) is 0 Å². The standard InChI is InChI=1S/C14H16ClFN2O/c1-8-4-5-10(12(16)6-8)13(19)7-11-9(2)17-18(3)14(11)15/h4-6,13,19H,7H2,1-3H3. The Morgan fingerprint density at radius 2 is 2.11 bits per heavy atom. The second kappa shape index (κ2) is 5.31. The van der Waals surface area contributed by atoms with E-state index in [0.29, 0.717) is 5.15 Å². The molecule has 1 unspecified atom stereocenters. The van der Waals surface area contributed by atoms with E-state index in [-0.39, 0.29) is 12.0 Å². The Bertz CT molecular complexity index is 610. The lowest BCUT2D eigenvalue weighted by atomic mass is 10.0. The molecule has 3 nitrogen and oxygen atoms in total. The van der Waals surface area contributed by atoms with Gasteiger partial charge in [0.1, 0.15) is 11.0 Å². The maximum atomic E-state index is 13.8. The molecule has 0 aliphatic carbocycles. The van der Waals surface area contributed by atoms with Crippen molar-refractivity contribution < 1.29 is 9.50 Å². The Balaban J connectivity index is 2.28. The third-order valence-electron chi connectivity index (χ3n) is 3.18. The maximum absolute atomic E-state index is 13.8. The second-order valence-corrected chi connectivity index (χ2v) is 5.08. The molecule has 2 aromatic rings. The molecule has 0 saturated carbocycles. The van der Waals surface area contributed by atoms with Gasteiger partial charge in [0.05, 0.1) is 11.8 Å². The smallest absolute Gasteiger partial charge is 0.130 e. The number of rotatable bonds is 3. The second-order valence-electron chi connectivity index (χ2n) is 4.72. The molecule has 19 heavy (non-hydrogen) atoms. The molecule has 0 amide bonds. The zero-order chi connectivity index (χ0) is 14.2. The molecule has 0 fully saturated rings. The summed E-state index contributed by atoms with van der Waals surface area (Å²) in [5, 5.41) is 14.8. The minimum absolute atomic E-state index is 0.248. The molecule has 0 radical (unpaired) electrons. The lowest BCUT2D eigenvalue weighted by molar-refractivity contribution is 0.173. The maximum Gasteiger partial charge on any atom is 0.130 e. The lowest BCUT2D eigenvalue weighted by Crippen LogP contribution is -2.05. The number of hydrogen-bond donors (Lipinski definition) is 1. The van der Waals surface area contributed by atoms with Crippen LogP contribution < -0.4 is 0 Å². The summed E-state index contributed by atoms with van der Waals surface area (Å²) in [7, 11) is 1.73. The highest BCUT2D eigenvalue weighted by Crippen LogP contribution is 2.27. The SMILES string of the molecule is Cc1ccc(C(O)Cc2c(C)nn(C)c2Cl)c(F)c1. The van der Waals surface area contributed by atoms with Crippen molar-refractivity contribution in [1.29, 1.82) is 0 Å². The number of nitrogens with zero attached hydrogens (tertiary/aromatic N) is 2. The highest BCUT2D eigenvalue weighted by molar-refractivity contribution is 6.30. The lowest BCUT2D eigenvalue weighted by Gasteiger charge is -2.12. The summed E-state index contributed by atoms with van der Waals surface area (Å²) >= 11 is 6.11. The van der Waals surface area contributed by atoms with E-state index in [9.17, 15) is 9.50 Å². The van der Waals surface area contributed by atoms with Crippen LogP contribution in [0.15, 0.2) is 18.2 Å². The first-order valence-electron chi connectivity index (χ1n) is 6.02. The number of aryl methyl sites for hydroxylation is 3. The van der Waals surface area contributed by atoms with E-state index in [1.165, 1.54) is 6.07 Å². The molecule has 0 bridgehead atoms. The van der Waals surface area contributed by atoms with Crippen LogP contribution in [0.1, 0.15) is 28.5 Å². The average molecular weight is 283 g/mol. The van der Waals surface area contributed by atoms with Gasteiger partial charge in [-0.2, -0.15) is 5.10 Å². The Kier molecular flexibility index (Phi) is 3.92. The summed E-state index contributed by atoms with van der Waals surface area (Å²) < 4.78 is 15.3. The average Bonchev–Trinajstić information content (AvgIpc) is 2.56. The van der Waals surface area contributed by atoms with Crippen LogP contribution in [0.2, 0.25) is 5.15 Å². The molecule has 0 aliphatic rings. The van der Waals surface area contributed by atoms with Crippen molar-refractivity contribution in [2.45, 2.75) is 26.4 Å². The molecule has 5 heteroatoms. The van der Waals surface area contributed by atoms with Gasteiger partial charge in [-0.25, -0.2) is 4.39 Å². The number of benzene rings is 1. The van der Waals surface area contributed by atoms with Gasteiger partial charge < -0.3 is 5.11 Å². The number of aromatic nitrogens is 2. The van der Waals surface area contributed by atoms with Crippen molar-refractivity contribution in [3.63, 3.8) is 0 Å². The molecule has 102 valence electrons. The molecule has 2 rings (SSSR count). The van der Waals surface area contributed by atoms with Crippen molar-refractivity contribution in [2.75, 3.05) is 0 Å². The highest BCUT2D eigenvalue weighted by atomic mass is 35.5. The van der Waals surface area contributed by atoms with Gasteiger partial charge >= 0.3 is 0 Å². The van der Waals surface area contributed by atoms with Gasteiger partial charge in [0.25, 0.3) is 0 Å². The first kappa shape index (κ1) is 14.0. The number of aliphatic hydroxyl groups is 1. The fraction of sp³-hybridized carbons (Fsp3) is 0.357. The van der Waals surface area contributed by atoms with Crippen LogP contribution >= 0.6 is 11.6 Å². The molecular weight excluding hydrogens is 267 g/mol. The zero-order valence-corrected chi connectivity index (χ0v) is 11.9. The quantitative estimate of drug-likeness (QED) is 0.939. The molecule has 1 heterocycles. The van der Waals surface area contributed by atoms with E-state index in [2.05, 4.69) is 5.10 Å². The van der Waals surface area contributed by atoms with E-state index < -0.39 is 11.9 Å². The number of aliphatic hydroxyl groups excluding tert-OH is 1. The molecule has 0 saturated heterocycles. The predicted molar refractivity (Wildman–Crippen MR) is 72.8 cm³/mol. The number of hydrogen-bond acceptors (Lipinski definition) is 2. The van der Waals surface area contributed by atoms with Crippen molar-refractivity contribution in [2.24, 2.45) is 7.05 Å². The first-order chi connectivity index (χ1) is 8.90. The van der Waals surface area contributed by atoms with Crippen LogP contribution in [0.5, 0.6) is 0 Å². The summed E-state index contributed by atoms with van der Waals surface area (Å²) in [5.74, 6) is -0.398. The molecule has 1 N–H and O–H groups in total. The molecule has 1 aromatic carbocycles. The van der Waals surface area contributed by atoms with Crippen molar-refractivity contribution in [3.8, 4) is 0 Å². The van der Waals surface area contributed by atoms with E-state index in [1.54, 1.807) is 30.8 Å². The van der Waals surface area contributed by atoms with Gasteiger partial charge in [0.2, 0.25) is 0 Å². The summed E-state index contributed by atoms with van der Waals surface area (Å²) in [5.41, 5.74) is 2.60. The Morgan fingerprint density at radius 3 is 2.63 bits per heavy atom. The van der Waals surface area contributed by atoms with Gasteiger partial charge in [0.15, 0.2) is 0 Å². The van der Waals surface area contributed by atoms with Crippen LogP contribution in [-0.4, -0.2) is 14.9 Å². The van der Waals surface area contributed by atoms with E-state index >= 15 is 0 Å². The zero-order valence-electron chi connectivity index (χ0n) is 11.1. The topological polar surface area (TPSA) is 38.1 Å². The normalized spacial score (nSPS) is 12.7. The van der Waals surface area contributed by atoms with Gasteiger partial charge in [-0.1, -0.05) is 23.7 Å². The third kappa shape index (κ3) is 2.80. The Hall–Kier alpha value is -1.39. The van der Waals surface area contributed by atoms with Crippen LogP contribution in [0.4, 0.5) is 4.39 Å². The van der Waals surface area contributed by atoms with Gasteiger partial charge in [-0.05, 0) is 25.5 Å². The van der Waals surface area contributed by atoms with Crippen molar-refractivity contribution >= 4 is 11.6 Å². The van der Waals surface area contributed by atoms with E-state index in [1.807, 2.05) is 6.92 Å². The monoisotopic (exact) mass is 282 g/mol. The first-order valence-corrected chi connectivity index (χ1v) is 6.40. The fourth-order valence-electron chi connectivity index (χ4n) is 2.11. The van der Waals surface area contributed by atoms with E-state index in [0.717, 1.165) is 16.8 Å². The van der Waals surface area contributed by atoms with Crippen molar-refractivity contribution in [1.82, 2.24) is 9.78 Å². The van der Waals surface area contributed by atoms with Crippen LogP contribution in [0, 0.1) is 19.7 Å². The summed E-state index contributed by atoms with van der Waals surface area (Å²) in [6.45, 7) is 3.63. The van der Waals surface area contributed by atoms with Gasteiger partial charge in [0, 0.05) is 24.6 Å². The Morgan fingerprint density at radius 1 is 1.42 bits per heavy atom.